The van der Waals surface area contributed by atoms with Crippen LogP contribution in [-0.2, 0) is 16.1 Å². The molecule has 0 N–H and O–H groups in total. The lowest BCUT2D eigenvalue weighted by molar-refractivity contribution is -0.144. The molecule has 146 valence electrons. The van der Waals surface area contributed by atoms with Crippen molar-refractivity contribution in [3.63, 3.8) is 0 Å². The number of esters is 1. The van der Waals surface area contributed by atoms with Gasteiger partial charge >= 0.3 is 5.97 Å². The Morgan fingerprint density at radius 3 is 2.33 bits per heavy atom. The SMILES string of the molecule is CCOC(=O)CN(Cc1ccccc1)C(CC(C)C)Sc1ccc(C)cc1. The van der Waals surface area contributed by atoms with E-state index >= 15 is 0 Å². The van der Waals surface area contributed by atoms with Gasteiger partial charge in [-0.3, -0.25) is 9.69 Å². The smallest absolute Gasteiger partial charge is 0.320 e. The van der Waals surface area contributed by atoms with Gasteiger partial charge in [0.2, 0.25) is 0 Å². The Morgan fingerprint density at radius 1 is 1.07 bits per heavy atom. The number of ether oxygens (including phenoxy) is 1. The average Bonchev–Trinajstić information content (AvgIpc) is 2.63. The highest BCUT2D eigenvalue weighted by Gasteiger charge is 2.24. The third-order valence-electron chi connectivity index (χ3n) is 4.24. The molecule has 0 fully saturated rings. The number of benzene rings is 2. The Labute approximate surface area is 168 Å². The van der Waals surface area contributed by atoms with Crippen LogP contribution in [0.15, 0.2) is 59.5 Å². The third kappa shape index (κ3) is 7.77. The molecule has 1 atom stereocenters. The highest BCUT2D eigenvalue weighted by Crippen LogP contribution is 2.31. The van der Waals surface area contributed by atoms with E-state index in [0.717, 1.165) is 13.0 Å². The largest absolute Gasteiger partial charge is 0.465 e. The van der Waals surface area contributed by atoms with Gasteiger partial charge in [0.1, 0.15) is 0 Å². The molecule has 0 amide bonds. The minimum absolute atomic E-state index is 0.160. The van der Waals surface area contributed by atoms with Gasteiger partial charge in [-0.1, -0.05) is 61.9 Å². The quantitative estimate of drug-likeness (QED) is 0.306. The molecule has 3 nitrogen and oxygen atoms in total. The molecule has 0 aliphatic rings. The Hall–Kier alpha value is -1.78. The van der Waals surface area contributed by atoms with E-state index in [2.05, 4.69) is 62.1 Å². The topological polar surface area (TPSA) is 29.5 Å². The summed E-state index contributed by atoms with van der Waals surface area (Å²) in [4.78, 5) is 15.7. The van der Waals surface area contributed by atoms with Gasteiger partial charge in [0.15, 0.2) is 0 Å². The lowest BCUT2D eigenvalue weighted by Gasteiger charge is -2.32. The van der Waals surface area contributed by atoms with E-state index in [-0.39, 0.29) is 11.3 Å². The number of nitrogens with zero attached hydrogens (tertiary/aromatic N) is 1. The number of thioether (sulfide) groups is 1. The minimum atomic E-state index is -0.160. The van der Waals surface area contributed by atoms with Gasteiger partial charge in [-0.15, -0.1) is 11.8 Å². The monoisotopic (exact) mass is 385 g/mol. The first-order valence-electron chi connectivity index (χ1n) is 9.64. The summed E-state index contributed by atoms with van der Waals surface area (Å²) in [7, 11) is 0. The molecule has 0 aromatic heterocycles. The molecule has 0 saturated heterocycles. The maximum absolute atomic E-state index is 12.3. The number of hydrogen-bond donors (Lipinski definition) is 0. The first-order chi connectivity index (χ1) is 13.0. The van der Waals surface area contributed by atoms with Crippen LogP contribution in [0.3, 0.4) is 0 Å². The standard InChI is InChI=1S/C23H31NO2S/c1-5-26-23(25)17-24(16-20-9-7-6-8-10-20)22(15-18(2)3)27-21-13-11-19(4)12-14-21/h6-14,18,22H,5,15-17H2,1-4H3. The van der Waals surface area contributed by atoms with Crippen LogP contribution >= 0.6 is 11.8 Å². The molecule has 4 heteroatoms. The maximum atomic E-state index is 12.3. The summed E-state index contributed by atoms with van der Waals surface area (Å²) >= 11 is 1.83. The van der Waals surface area contributed by atoms with Crippen LogP contribution in [0.5, 0.6) is 0 Å². The average molecular weight is 386 g/mol. The number of hydrogen-bond acceptors (Lipinski definition) is 4. The van der Waals surface area contributed by atoms with Crippen molar-refractivity contribution in [2.45, 2.75) is 50.9 Å². The molecule has 0 spiro atoms. The molecule has 0 aliphatic heterocycles. The van der Waals surface area contributed by atoms with Gasteiger partial charge in [0.25, 0.3) is 0 Å². The van der Waals surface area contributed by atoms with Crippen LogP contribution in [0, 0.1) is 12.8 Å². The zero-order valence-corrected chi connectivity index (χ0v) is 17.7. The van der Waals surface area contributed by atoms with Crippen LogP contribution in [0.1, 0.15) is 38.3 Å². The highest BCUT2D eigenvalue weighted by molar-refractivity contribution is 7.99. The highest BCUT2D eigenvalue weighted by atomic mass is 32.2. The molecule has 2 rings (SSSR count). The van der Waals surface area contributed by atoms with E-state index < -0.39 is 0 Å². The summed E-state index contributed by atoms with van der Waals surface area (Å²) in [5, 5.41) is 0.206. The molecule has 0 radical (unpaired) electrons. The van der Waals surface area contributed by atoms with Gasteiger partial charge in [-0.25, -0.2) is 0 Å². The summed E-state index contributed by atoms with van der Waals surface area (Å²) in [6, 6.07) is 18.9. The van der Waals surface area contributed by atoms with E-state index in [0.29, 0.717) is 19.1 Å². The van der Waals surface area contributed by atoms with Crippen LogP contribution in [0.25, 0.3) is 0 Å². The summed E-state index contributed by atoms with van der Waals surface area (Å²) in [5.74, 6) is 0.375. The Kier molecular flexibility index (Phi) is 8.89. The number of aryl methyl sites for hydroxylation is 1. The van der Waals surface area contributed by atoms with Crippen LogP contribution in [-0.4, -0.2) is 29.4 Å². The molecule has 0 bridgehead atoms. The summed E-state index contributed by atoms with van der Waals surface area (Å²) < 4.78 is 5.24. The van der Waals surface area contributed by atoms with Crippen LogP contribution in [0.4, 0.5) is 0 Å². The molecule has 0 saturated carbocycles. The van der Waals surface area contributed by atoms with Crippen molar-refractivity contribution >= 4 is 17.7 Å². The second-order valence-corrected chi connectivity index (χ2v) is 8.46. The lowest BCUT2D eigenvalue weighted by Crippen LogP contribution is -2.38. The van der Waals surface area contributed by atoms with Crippen molar-refractivity contribution in [1.82, 2.24) is 4.90 Å². The number of rotatable bonds is 10. The van der Waals surface area contributed by atoms with Gasteiger partial charge in [-0.05, 0) is 43.9 Å². The van der Waals surface area contributed by atoms with E-state index in [1.165, 1.54) is 16.0 Å². The van der Waals surface area contributed by atoms with Crippen molar-refractivity contribution in [2.75, 3.05) is 13.2 Å². The van der Waals surface area contributed by atoms with Crippen LogP contribution < -0.4 is 0 Å². The van der Waals surface area contributed by atoms with Gasteiger partial charge < -0.3 is 4.74 Å². The van der Waals surface area contributed by atoms with E-state index in [1.54, 1.807) is 0 Å². The van der Waals surface area contributed by atoms with Crippen molar-refractivity contribution in [3.05, 3.63) is 65.7 Å². The van der Waals surface area contributed by atoms with Gasteiger partial charge in [0.05, 0.1) is 18.5 Å². The van der Waals surface area contributed by atoms with Crippen molar-refractivity contribution in [2.24, 2.45) is 5.92 Å². The number of carbonyl (C=O) groups excluding carboxylic acids is 1. The van der Waals surface area contributed by atoms with E-state index in [1.807, 2.05) is 36.9 Å². The molecule has 27 heavy (non-hydrogen) atoms. The van der Waals surface area contributed by atoms with Crippen molar-refractivity contribution in [3.8, 4) is 0 Å². The molecule has 2 aromatic rings. The normalized spacial score (nSPS) is 12.4. The number of carbonyl (C=O) groups is 1. The predicted octanol–water partition coefficient (Wildman–Crippen LogP) is 5.52. The Balaban J connectivity index is 2.23. The van der Waals surface area contributed by atoms with E-state index in [9.17, 15) is 4.79 Å². The van der Waals surface area contributed by atoms with Gasteiger partial charge in [0, 0.05) is 11.4 Å². The second-order valence-electron chi connectivity index (χ2n) is 7.21. The molecule has 0 aliphatic carbocycles. The fourth-order valence-corrected chi connectivity index (χ4v) is 4.29. The summed E-state index contributed by atoms with van der Waals surface area (Å²) in [6.07, 6.45) is 1.00. The second kappa shape index (κ2) is 11.2. The molecular formula is C23H31NO2S. The summed E-state index contributed by atoms with van der Waals surface area (Å²) in [6.45, 7) is 9.86. The lowest BCUT2D eigenvalue weighted by atomic mass is 10.1. The third-order valence-corrected chi connectivity index (χ3v) is 5.55. The maximum Gasteiger partial charge on any atom is 0.320 e. The first kappa shape index (κ1) is 21.5. The van der Waals surface area contributed by atoms with Crippen molar-refractivity contribution < 1.29 is 9.53 Å². The zero-order valence-electron chi connectivity index (χ0n) is 16.9. The predicted molar refractivity (Wildman–Crippen MR) is 114 cm³/mol. The van der Waals surface area contributed by atoms with E-state index in [4.69, 9.17) is 4.74 Å². The Bertz CT molecular complexity index is 685. The summed E-state index contributed by atoms with van der Waals surface area (Å²) in [5.41, 5.74) is 2.47. The van der Waals surface area contributed by atoms with Crippen LogP contribution in [0.2, 0.25) is 0 Å². The van der Waals surface area contributed by atoms with Crippen molar-refractivity contribution in [1.29, 1.82) is 0 Å². The van der Waals surface area contributed by atoms with Gasteiger partial charge in [-0.2, -0.15) is 0 Å². The Morgan fingerprint density at radius 2 is 1.74 bits per heavy atom. The molecule has 1 unspecified atom stereocenters. The molecule has 0 heterocycles. The first-order valence-corrected chi connectivity index (χ1v) is 10.5. The fourth-order valence-electron chi connectivity index (χ4n) is 2.90. The minimum Gasteiger partial charge on any atom is -0.465 e. The molecular weight excluding hydrogens is 354 g/mol. The zero-order chi connectivity index (χ0) is 19.6. The molecule has 2 aromatic carbocycles. The fraction of sp³-hybridized carbons (Fsp3) is 0.435.